The van der Waals surface area contributed by atoms with Gasteiger partial charge in [-0.1, -0.05) is 0 Å². The molecule has 1 N–H and O–H groups in total. The Kier molecular flexibility index (Phi) is 3.80. The summed E-state index contributed by atoms with van der Waals surface area (Å²) in [5.41, 5.74) is 0.734. The van der Waals surface area contributed by atoms with Crippen LogP contribution >= 0.6 is 15.9 Å². The van der Waals surface area contributed by atoms with Crippen LogP contribution in [0.5, 0.6) is 11.6 Å². The summed E-state index contributed by atoms with van der Waals surface area (Å²) in [4.78, 5) is 14.6. The van der Waals surface area contributed by atoms with Gasteiger partial charge in [-0.05, 0) is 52.7 Å². The van der Waals surface area contributed by atoms with E-state index < -0.39 is 11.8 Å². The Labute approximate surface area is 117 Å². The predicted molar refractivity (Wildman–Crippen MR) is 70.1 cm³/mol. The quantitative estimate of drug-likeness (QED) is 0.932. The molecule has 0 radical (unpaired) electrons. The number of carboxylic acid groups (broad SMARTS) is 1. The summed E-state index contributed by atoms with van der Waals surface area (Å²) in [6.07, 6.45) is 1.42. The van der Waals surface area contributed by atoms with E-state index in [4.69, 9.17) is 9.84 Å². The maximum absolute atomic E-state index is 13.6. The predicted octanol–water partition coefficient (Wildman–Crippen LogP) is 3.78. The van der Waals surface area contributed by atoms with E-state index in [1.54, 1.807) is 6.92 Å². The molecule has 1 aromatic carbocycles. The Hall–Kier alpha value is -1.95. The first-order chi connectivity index (χ1) is 8.97. The van der Waals surface area contributed by atoms with Gasteiger partial charge in [0, 0.05) is 10.7 Å². The zero-order chi connectivity index (χ0) is 14.0. The maximum atomic E-state index is 13.6. The van der Waals surface area contributed by atoms with Crippen LogP contribution in [0, 0.1) is 12.7 Å². The number of rotatable bonds is 3. The van der Waals surface area contributed by atoms with Gasteiger partial charge < -0.3 is 9.84 Å². The lowest BCUT2D eigenvalue weighted by molar-refractivity contribution is 0.0697. The molecule has 0 saturated heterocycles. The number of nitrogens with zero attached hydrogens (tertiary/aromatic N) is 1. The monoisotopic (exact) mass is 325 g/mol. The molecule has 1 heterocycles. The fourth-order valence-electron chi connectivity index (χ4n) is 1.48. The van der Waals surface area contributed by atoms with Crippen molar-refractivity contribution >= 4 is 21.9 Å². The zero-order valence-electron chi connectivity index (χ0n) is 9.85. The second-order valence-electron chi connectivity index (χ2n) is 3.83. The molecule has 0 aliphatic heterocycles. The Morgan fingerprint density at radius 3 is 2.74 bits per heavy atom. The van der Waals surface area contributed by atoms with E-state index in [1.165, 1.54) is 30.5 Å². The van der Waals surface area contributed by atoms with Gasteiger partial charge >= 0.3 is 5.97 Å². The van der Waals surface area contributed by atoms with Gasteiger partial charge in [-0.25, -0.2) is 14.2 Å². The lowest BCUT2D eigenvalue weighted by Gasteiger charge is -2.09. The van der Waals surface area contributed by atoms with Crippen molar-refractivity contribution < 1.29 is 19.0 Å². The van der Waals surface area contributed by atoms with Gasteiger partial charge in [0.15, 0.2) is 5.82 Å². The van der Waals surface area contributed by atoms with Crippen LogP contribution in [0.2, 0.25) is 0 Å². The van der Waals surface area contributed by atoms with Crippen LogP contribution in [0.15, 0.2) is 34.9 Å². The van der Waals surface area contributed by atoms with Crippen LogP contribution in [-0.4, -0.2) is 16.1 Å². The number of aromatic carboxylic acids is 1. The number of aromatic nitrogens is 1. The SMILES string of the molecule is Cc1cc(C(=O)O)ccc1Oc1ncc(Br)cc1F. The fraction of sp³-hybridized carbons (Fsp3) is 0.0769. The maximum Gasteiger partial charge on any atom is 0.335 e. The molecular formula is C13H9BrFNO3. The molecule has 0 unspecified atom stereocenters. The van der Waals surface area contributed by atoms with Gasteiger partial charge in [0.1, 0.15) is 5.75 Å². The molecule has 1 aromatic heterocycles. The van der Waals surface area contributed by atoms with Crippen LogP contribution in [0.1, 0.15) is 15.9 Å². The van der Waals surface area contributed by atoms with E-state index in [0.717, 1.165) is 0 Å². The molecule has 98 valence electrons. The molecule has 2 rings (SSSR count). The molecule has 0 aliphatic carbocycles. The highest BCUT2D eigenvalue weighted by atomic mass is 79.9. The molecule has 0 fully saturated rings. The first-order valence-corrected chi connectivity index (χ1v) is 6.09. The number of hydrogen-bond donors (Lipinski definition) is 1. The molecule has 0 bridgehead atoms. The second-order valence-corrected chi connectivity index (χ2v) is 4.74. The molecule has 0 amide bonds. The molecule has 0 aliphatic rings. The minimum atomic E-state index is -1.03. The van der Waals surface area contributed by atoms with E-state index in [0.29, 0.717) is 15.8 Å². The van der Waals surface area contributed by atoms with Crippen molar-refractivity contribution in [3.63, 3.8) is 0 Å². The third kappa shape index (κ3) is 3.08. The van der Waals surface area contributed by atoms with Gasteiger partial charge in [0.05, 0.1) is 5.56 Å². The number of ether oxygens (including phenoxy) is 1. The fourth-order valence-corrected chi connectivity index (χ4v) is 1.78. The van der Waals surface area contributed by atoms with Crippen molar-refractivity contribution in [2.75, 3.05) is 0 Å². The number of carboxylic acids is 1. The van der Waals surface area contributed by atoms with Crippen molar-refractivity contribution in [3.8, 4) is 11.6 Å². The highest BCUT2D eigenvalue weighted by Gasteiger charge is 2.11. The Morgan fingerprint density at radius 1 is 1.42 bits per heavy atom. The van der Waals surface area contributed by atoms with Gasteiger partial charge in [0.2, 0.25) is 0 Å². The number of pyridine rings is 1. The molecule has 4 nitrogen and oxygen atoms in total. The number of hydrogen-bond acceptors (Lipinski definition) is 3. The van der Waals surface area contributed by atoms with E-state index in [9.17, 15) is 9.18 Å². The molecule has 0 atom stereocenters. The Bertz CT molecular complexity index is 646. The third-order valence-electron chi connectivity index (χ3n) is 2.40. The smallest absolute Gasteiger partial charge is 0.335 e. The normalized spacial score (nSPS) is 10.3. The van der Waals surface area contributed by atoms with Gasteiger partial charge in [-0.2, -0.15) is 0 Å². The van der Waals surface area contributed by atoms with Crippen molar-refractivity contribution in [2.24, 2.45) is 0 Å². The lowest BCUT2D eigenvalue weighted by Crippen LogP contribution is -1.98. The summed E-state index contributed by atoms with van der Waals surface area (Å²) in [5, 5.41) is 8.85. The highest BCUT2D eigenvalue weighted by molar-refractivity contribution is 9.10. The first kappa shape index (κ1) is 13.5. The van der Waals surface area contributed by atoms with Crippen molar-refractivity contribution in [2.45, 2.75) is 6.92 Å². The van der Waals surface area contributed by atoms with Gasteiger partial charge in [0.25, 0.3) is 5.88 Å². The number of carbonyl (C=O) groups is 1. The second kappa shape index (κ2) is 5.36. The molecule has 6 heteroatoms. The van der Waals surface area contributed by atoms with E-state index in [-0.39, 0.29) is 11.4 Å². The number of benzene rings is 1. The van der Waals surface area contributed by atoms with Crippen molar-refractivity contribution in [1.82, 2.24) is 4.98 Å². The molecule has 2 aromatic rings. The lowest BCUT2D eigenvalue weighted by atomic mass is 10.1. The number of aryl methyl sites for hydroxylation is 1. The van der Waals surface area contributed by atoms with E-state index in [2.05, 4.69) is 20.9 Å². The third-order valence-corrected chi connectivity index (χ3v) is 2.84. The summed E-state index contributed by atoms with van der Waals surface area (Å²) < 4.78 is 19.4. The van der Waals surface area contributed by atoms with E-state index in [1.807, 2.05) is 0 Å². The molecular weight excluding hydrogens is 317 g/mol. The molecule has 0 spiro atoms. The summed E-state index contributed by atoms with van der Waals surface area (Å²) in [6.45, 7) is 1.68. The minimum absolute atomic E-state index is 0.147. The van der Waals surface area contributed by atoms with Crippen LogP contribution in [-0.2, 0) is 0 Å². The van der Waals surface area contributed by atoms with Gasteiger partial charge in [-0.3, -0.25) is 0 Å². The average molecular weight is 326 g/mol. The summed E-state index contributed by atoms with van der Waals surface area (Å²) >= 11 is 3.10. The van der Waals surface area contributed by atoms with Crippen LogP contribution in [0.4, 0.5) is 4.39 Å². The Balaban J connectivity index is 2.31. The Morgan fingerprint density at radius 2 is 2.16 bits per heavy atom. The minimum Gasteiger partial charge on any atom is -0.478 e. The number of halogens is 2. The summed E-state index contributed by atoms with van der Waals surface area (Å²) in [5.74, 6) is -1.42. The van der Waals surface area contributed by atoms with Crippen LogP contribution in [0.3, 0.4) is 0 Å². The highest BCUT2D eigenvalue weighted by Crippen LogP contribution is 2.27. The summed E-state index contributed by atoms with van der Waals surface area (Å²) in [7, 11) is 0. The largest absolute Gasteiger partial charge is 0.478 e. The zero-order valence-corrected chi connectivity index (χ0v) is 11.4. The molecule has 19 heavy (non-hydrogen) atoms. The van der Waals surface area contributed by atoms with Crippen molar-refractivity contribution in [1.29, 1.82) is 0 Å². The topological polar surface area (TPSA) is 59.4 Å². The summed E-state index contributed by atoms with van der Waals surface area (Å²) in [6, 6.07) is 5.56. The first-order valence-electron chi connectivity index (χ1n) is 5.30. The van der Waals surface area contributed by atoms with E-state index >= 15 is 0 Å². The average Bonchev–Trinajstić information content (AvgIpc) is 2.34. The van der Waals surface area contributed by atoms with Crippen LogP contribution < -0.4 is 4.74 Å². The van der Waals surface area contributed by atoms with Crippen molar-refractivity contribution in [3.05, 3.63) is 51.9 Å². The molecule has 0 saturated carbocycles. The van der Waals surface area contributed by atoms with Gasteiger partial charge in [-0.15, -0.1) is 0 Å². The van der Waals surface area contributed by atoms with Crippen LogP contribution in [0.25, 0.3) is 0 Å². The standard InChI is InChI=1S/C13H9BrFNO3/c1-7-4-8(13(17)18)2-3-11(7)19-12-10(15)5-9(14)6-16-12/h2-6H,1H3,(H,17,18).